The predicted molar refractivity (Wildman–Crippen MR) is 72.4 cm³/mol. The maximum Gasteiger partial charge on any atom is 0.0667 e. The van der Waals surface area contributed by atoms with Gasteiger partial charge in [0.05, 0.1) is 12.3 Å². The van der Waals surface area contributed by atoms with Gasteiger partial charge in [0.15, 0.2) is 0 Å². The molecule has 1 aromatic heterocycles. The Hall–Kier alpha value is -0.870. The molecule has 1 heterocycles. The quantitative estimate of drug-likeness (QED) is 0.839. The summed E-state index contributed by atoms with van der Waals surface area (Å²) in [6, 6.07) is 0.365. The Morgan fingerprint density at radius 1 is 1.56 bits per heavy atom. The fourth-order valence-corrected chi connectivity index (χ4v) is 2.82. The van der Waals surface area contributed by atoms with Crippen LogP contribution in [0.15, 0.2) is 6.20 Å². The first-order chi connectivity index (χ1) is 8.58. The number of nitrogens with zero attached hydrogens (tertiary/aromatic N) is 2. The van der Waals surface area contributed by atoms with E-state index >= 15 is 0 Å². The summed E-state index contributed by atoms with van der Waals surface area (Å²) in [4.78, 5) is 0. The summed E-state index contributed by atoms with van der Waals surface area (Å²) in [7, 11) is 2.01. The van der Waals surface area contributed by atoms with Gasteiger partial charge >= 0.3 is 0 Å². The van der Waals surface area contributed by atoms with Gasteiger partial charge in [-0.3, -0.25) is 4.68 Å². The van der Waals surface area contributed by atoms with Gasteiger partial charge in [0.2, 0.25) is 0 Å². The van der Waals surface area contributed by atoms with E-state index in [2.05, 4.69) is 24.3 Å². The van der Waals surface area contributed by atoms with Crippen LogP contribution in [-0.4, -0.2) is 27.5 Å². The first-order valence-electron chi connectivity index (χ1n) is 7.00. The summed E-state index contributed by atoms with van der Waals surface area (Å²) < 4.78 is 1.98. The number of rotatable bonds is 5. The molecule has 1 aliphatic rings. The molecular weight excluding hydrogens is 226 g/mol. The molecule has 0 saturated carbocycles. The van der Waals surface area contributed by atoms with Crippen molar-refractivity contribution in [3.8, 4) is 0 Å². The molecule has 4 heteroatoms. The van der Waals surface area contributed by atoms with Crippen LogP contribution in [0.3, 0.4) is 0 Å². The zero-order valence-electron chi connectivity index (χ0n) is 11.7. The smallest absolute Gasteiger partial charge is 0.0667 e. The minimum absolute atomic E-state index is 0.243. The number of aryl methyl sites for hydroxylation is 1. The van der Waals surface area contributed by atoms with Crippen LogP contribution in [0.5, 0.6) is 0 Å². The van der Waals surface area contributed by atoms with Gasteiger partial charge in [-0.05, 0) is 31.6 Å². The first kappa shape index (κ1) is 13.6. The van der Waals surface area contributed by atoms with Crippen LogP contribution in [0.2, 0.25) is 0 Å². The molecule has 2 rings (SSSR count). The zero-order valence-corrected chi connectivity index (χ0v) is 11.7. The van der Waals surface area contributed by atoms with Crippen molar-refractivity contribution in [2.24, 2.45) is 13.0 Å². The first-order valence-corrected chi connectivity index (χ1v) is 7.00. The fourth-order valence-electron chi connectivity index (χ4n) is 2.82. The maximum absolute atomic E-state index is 9.92. The summed E-state index contributed by atoms with van der Waals surface area (Å²) in [5.74, 6) is 0.544. The van der Waals surface area contributed by atoms with Crippen LogP contribution >= 0.6 is 0 Å². The molecule has 2 atom stereocenters. The van der Waals surface area contributed by atoms with E-state index in [-0.39, 0.29) is 6.10 Å². The van der Waals surface area contributed by atoms with Gasteiger partial charge in [-0.2, -0.15) is 5.10 Å². The van der Waals surface area contributed by atoms with Crippen molar-refractivity contribution in [3.05, 3.63) is 17.5 Å². The number of hydrogen-bond acceptors (Lipinski definition) is 3. The number of fused-ring (bicyclic) bond motifs is 1. The van der Waals surface area contributed by atoms with E-state index in [0.29, 0.717) is 18.5 Å². The van der Waals surface area contributed by atoms with Gasteiger partial charge < -0.3 is 10.4 Å². The standard InChI is InChI=1S/C14H25N3O/c1-10(2)7-11(18)8-15-13-5-4-6-14-12(13)9-16-17(14)3/h9-11,13,15,18H,4-8H2,1-3H3. The molecule has 0 saturated heterocycles. The largest absolute Gasteiger partial charge is 0.392 e. The maximum atomic E-state index is 9.92. The van der Waals surface area contributed by atoms with E-state index in [0.717, 1.165) is 19.3 Å². The van der Waals surface area contributed by atoms with Gasteiger partial charge in [0.25, 0.3) is 0 Å². The average molecular weight is 251 g/mol. The van der Waals surface area contributed by atoms with Crippen LogP contribution in [0, 0.1) is 5.92 Å². The molecule has 0 aromatic carbocycles. The molecule has 1 aliphatic carbocycles. The third-order valence-electron chi connectivity index (χ3n) is 3.72. The zero-order chi connectivity index (χ0) is 13.1. The van der Waals surface area contributed by atoms with Crippen molar-refractivity contribution < 1.29 is 5.11 Å². The van der Waals surface area contributed by atoms with Gasteiger partial charge in [-0.15, -0.1) is 0 Å². The highest BCUT2D eigenvalue weighted by Crippen LogP contribution is 2.29. The third kappa shape index (κ3) is 3.12. The Labute approximate surface area is 109 Å². The molecular formula is C14H25N3O. The van der Waals surface area contributed by atoms with Gasteiger partial charge in [0, 0.05) is 30.9 Å². The van der Waals surface area contributed by atoms with Crippen LogP contribution in [0.1, 0.15) is 50.4 Å². The molecule has 4 nitrogen and oxygen atoms in total. The minimum atomic E-state index is -0.243. The molecule has 0 aliphatic heterocycles. The molecule has 2 N–H and O–H groups in total. The van der Waals surface area contributed by atoms with Crippen LogP contribution < -0.4 is 5.32 Å². The van der Waals surface area contributed by atoms with Crippen molar-refractivity contribution in [2.75, 3.05) is 6.54 Å². The molecule has 0 fully saturated rings. The number of aliphatic hydroxyl groups excluding tert-OH is 1. The monoisotopic (exact) mass is 251 g/mol. The Morgan fingerprint density at radius 2 is 2.33 bits per heavy atom. The van der Waals surface area contributed by atoms with Crippen molar-refractivity contribution in [1.29, 1.82) is 0 Å². The predicted octanol–water partition coefficient (Wildman–Crippen LogP) is 1.79. The number of aliphatic hydroxyl groups is 1. The minimum Gasteiger partial charge on any atom is -0.392 e. The number of hydrogen-bond donors (Lipinski definition) is 2. The fraction of sp³-hybridized carbons (Fsp3) is 0.786. The molecule has 0 bridgehead atoms. The Kier molecular flexibility index (Phi) is 4.40. The molecule has 0 radical (unpaired) electrons. The Bertz CT molecular complexity index is 386. The summed E-state index contributed by atoms with van der Waals surface area (Å²) in [6.07, 6.45) is 6.06. The van der Waals surface area contributed by atoms with E-state index in [9.17, 15) is 5.11 Å². The Balaban J connectivity index is 1.91. The van der Waals surface area contributed by atoms with Crippen molar-refractivity contribution in [2.45, 2.75) is 51.7 Å². The normalized spacial score (nSPS) is 21.1. The summed E-state index contributed by atoms with van der Waals surface area (Å²) in [6.45, 7) is 4.96. The lowest BCUT2D eigenvalue weighted by Crippen LogP contribution is -2.32. The topological polar surface area (TPSA) is 50.1 Å². The van der Waals surface area contributed by atoms with Gasteiger partial charge in [-0.25, -0.2) is 0 Å². The summed E-state index contributed by atoms with van der Waals surface area (Å²) in [5, 5.41) is 17.8. The molecule has 0 spiro atoms. The lowest BCUT2D eigenvalue weighted by Gasteiger charge is -2.25. The highest BCUT2D eigenvalue weighted by molar-refractivity contribution is 5.24. The second-order valence-electron chi connectivity index (χ2n) is 5.81. The molecule has 102 valence electrons. The van der Waals surface area contributed by atoms with E-state index in [1.54, 1.807) is 0 Å². The molecule has 18 heavy (non-hydrogen) atoms. The second kappa shape index (κ2) is 5.85. The Morgan fingerprint density at radius 3 is 3.06 bits per heavy atom. The van der Waals surface area contributed by atoms with Crippen molar-refractivity contribution in [3.63, 3.8) is 0 Å². The third-order valence-corrected chi connectivity index (χ3v) is 3.72. The van der Waals surface area contributed by atoms with Crippen LogP contribution in [0.25, 0.3) is 0 Å². The lowest BCUT2D eigenvalue weighted by atomic mass is 9.92. The van der Waals surface area contributed by atoms with E-state index in [1.807, 2.05) is 17.9 Å². The number of aromatic nitrogens is 2. The van der Waals surface area contributed by atoms with Crippen molar-refractivity contribution in [1.82, 2.24) is 15.1 Å². The summed E-state index contributed by atoms with van der Waals surface area (Å²) >= 11 is 0. The highest BCUT2D eigenvalue weighted by Gasteiger charge is 2.23. The molecule has 0 amide bonds. The number of nitrogens with one attached hydrogen (secondary N) is 1. The van der Waals surface area contributed by atoms with Crippen LogP contribution in [-0.2, 0) is 13.5 Å². The van der Waals surface area contributed by atoms with E-state index in [1.165, 1.54) is 17.7 Å². The van der Waals surface area contributed by atoms with Gasteiger partial charge in [-0.1, -0.05) is 13.8 Å². The van der Waals surface area contributed by atoms with Gasteiger partial charge in [0.1, 0.15) is 0 Å². The lowest BCUT2D eigenvalue weighted by molar-refractivity contribution is 0.141. The van der Waals surface area contributed by atoms with Crippen molar-refractivity contribution >= 4 is 0 Å². The average Bonchev–Trinajstić information content (AvgIpc) is 2.68. The van der Waals surface area contributed by atoms with Crippen LogP contribution in [0.4, 0.5) is 0 Å². The second-order valence-corrected chi connectivity index (χ2v) is 5.81. The SMILES string of the molecule is CC(C)CC(O)CNC1CCCc2c1cnn2C. The highest BCUT2D eigenvalue weighted by atomic mass is 16.3. The summed E-state index contributed by atoms with van der Waals surface area (Å²) in [5.41, 5.74) is 2.66. The van der Waals surface area contributed by atoms with E-state index < -0.39 is 0 Å². The molecule has 2 unspecified atom stereocenters. The van der Waals surface area contributed by atoms with E-state index in [4.69, 9.17) is 0 Å². The molecule has 1 aromatic rings.